The highest BCUT2D eigenvalue weighted by Crippen LogP contribution is 2.28. The van der Waals surface area contributed by atoms with Gasteiger partial charge in [0, 0.05) is 32.3 Å². The summed E-state index contributed by atoms with van der Waals surface area (Å²) in [6, 6.07) is 6.63. The van der Waals surface area contributed by atoms with E-state index in [-0.39, 0.29) is 6.61 Å². The maximum atomic E-state index is 10.4. The topological polar surface area (TPSA) is 63.2 Å². The second kappa shape index (κ2) is 12.5. The van der Waals surface area contributed by atoms with E-state index in [0.717, 1.165) is 39.1 Å². The summed E-state index contributed by atoms with van der Waals surface area (Å²) in [6.45, 7) is 4.51. The summed E-state index contributed by atoms with van der Waals surface area (Å²) < 4.78 is 16.8. The quantitative estimate of drug-likeness (QED) is 0.573. The van der Waals surface area contributed by atoms with Gasteiger partial charge in [-0.05, 0) is 62.9 Å². The number of benzene rings is 1. The van der Waals surface area contributed by atoms with E-state index in [9.17, 15) is 5.11 Å². The maximum Gasteiger partial charge on any atom is 0.161 e. The highest BCUT2D eigenvalue weighted by Gasteiger charge is 2.20. The number of nitrogens with zero attached hydrogens (tertiary/aromatic N) is 1. The van der Waals surface area contributed by atoms with Gasteiger partial charge < -0.3 is 29.5 Å². The lowest BCUT2D eigenvalue weighted by atomic mass is 9.94. The number of aliphatic hydroxyl groups is 1. The summed E-state index contributed by atoms with van der Waals surface area (Å²) in [5, 5.41) is 14.0. The molecule has 6 nitrogen and oxygen atoms in total. The van der Waals surface area contributed by atoms with Crippen molar-refractivity contribution in [3.05, 3.63) is 23.8 Å². The Morgan fingerprint density at radius 3 is 2.63 bits per heavy atom. The molecule has 1 saturated carbocycles. The molecule has 2 aliphatic rings. The van der Waals surface area contributed by atoms with Crippen LogP contribution in [0.2, 0.25) is 0 Å². The minimum Gasteiger partial charge on any atom is -0.493 e. The summed E-state index contributed by atoms with van der Waals surface area (Å²) in [6.07, 6.45) is 8.19. The smallest absolute Gasteiger partial charge is 0.161 e. The van der Waals surface area contributed by atoms with Gasteiger partial charge in [0.15, 0.2) is 11.5 Å². The minimum absolute atomic E-state index is 0.273. The summed E-state index contributed by atoms with van der Waals surface area (Å²) in [4.78, 5) is 2.29. The van der Waals surface area contributed by atoms with E-state index < -0.39 is 6.10 Å². The normalized spacial score (nSPS) is 19.7. The summed E-state index contributed by atoms with van der Waals surface area (Å²) in [5.74, 6) is 2.11. The molecule has 170 valence electrons. The number of ether oxygens (including phenoxy) is 3. The van der Waals surface area contributed by atoms with Gasteiger partial charge in [-0.3, -0.25) is 0 Å². The van der Waals surface area contributed by atoms with Gasteiger partial charge in [0.25, 0.3) is 0 Å². The standard InChI is InChI=1S/C24H40N2O4/c1-26(21-6-4-3-5-7-21)17-22(27)18-30-23-9-8-20(14-24(23)28-2)16-25-15-19-10-12-29-13-11-19/h8-9,14,19,21-22,25,27H,3-7,10-13,15-18H2,1-2H3/t22-/m1/s1. The van der Waals surface area contributed by atoms with Crippen LogP contribution in [-0.2, 0) is 11.3 Å². The van der Waals surface area contributed by atoms with Crippen molar-refractivity contribution < 1.29 is 19.3 Å². The number of likely N-dealkylation sites (N-methyl/N-ethyl adjacent to an activating group) is 1. The van der Waals surface area contributed by atoms with Crippen molar-refractivity contribution in [3.8, 4) is 11.5 Å². The molecule has 0 radical (unpaired) electrons. The molecule has 2 N–H and O–H groups in total. The van der Waals surface area contributed by atoms with Crippen LogP contribution in [0, 0.1) is 5.92 Å². The summed E-state index contributed by atoms with van der Waals surface area (Å²) >= 11 is 0. The predicted octanol–water partition coefficient (Wildman–Crippen LogP) is 3.22. The van der Waals surface area contributed by atoms with Gasteiger partial charge in [0.2, 0.25) is 0 Å². The lowest BCUT2D eigenvalue weighted by Gasteiger charge is -2.32. The van der Waals surface area contributed by atoms with E-state index in [4.69, 9.17) is 14.2 Å². The van der Waals surface area contributed by atoms with E-state index in [0.29, 0.717) is 30.0 Å². The minimum atomic E-state index is -0.512. The average Bonchev–Trinajstić information content (AvgIpc) is 2.79. The average molecular weight is 421 g/mol. The Morgan fingerprint density at radius 1 is 1.13 bits per heavy atom. The Balaban J connectivity index is 1.42. The van der Waals surface area contributed by atoms with E-state index >= 15 is 0 Å². The fourth-order valence-electron chi connectivity index (χ4n) is 4.55. The van der Waals surface area contributed by atoms with Gasteiger partial charge in [0.05, 0.1) is 7.11 Å². The predicted molar refractivity (Wildman–Crippen MR) is 119 cm³/mol. The van der Waals surface area contributed by atoms with Gasteiger partial charge in [-0.2, -0.15) is 0 Å². The molecular weight excluding hydrogens is 380 g/mol. The fourth-order valence-corrected chi connectivity index (χ4v) is 4.55. The first-order valence-electron chi connectivity index (χ1n) is 11.6. The van der Waals surface area contributed by atoms with Gasteiger partial charge in [-0.1, -0.05) is 25.3 Å². The van der Waals surface area contributed by atoms with E-state index in [1.165, 1.54) is 37.7 Å². The van der Waals surface area contributed by atoms with Crippen molar-refractivity contribution in [2.45, 2.75) is 63.6 Å². The number of nitrogens with one attached hydrogen (secondary N) is 1. The largest absolute Gasteiger partial charge is 0.493 e. The number of hydrogen-bond acceptors (Lipinski definition) is 6. The van der Waals surface area contributed by atoms with Gasteiger partial charge in [-0.25, -0.2) is 0 Å². The van der Waals surface area contributed by atoms with E-state index in [1.54, 1.807) is 7.11 Å². The third-order valence-electron chi connectivity index (χ3n) is 6.46. The molecule has 0 amide bonds. The molecule has 1 aliphatic heterocycles. The summed E-state index contributed by atoms with van der Waals surface area (Å²) in [7, 11) is 3.77. The van der Waals surface area contributed by atoms with Crippen molar-refractivity contribution in [3.63, 3.8) is 0 Å². The zero-order valence-corrected chi connectivity index (χ0v) is 18.8. The third-order valence-corrected chi connectivity index (χ3v) is 6.46. The molecule has 0 aromatic heterocycles. The molecule has 3 rings (SSSR count). The molecule has 30 heavy (non-hydrogen) atoms. The Labute approximate surface area is 181 Å². The highest BCUT2D eigenvalue weighted by molar-refractivity contribution is 5.43. The Morgan fingerprint density at radius 2 is 1.90 bits per heavy atom. The second-order valence-corrected chi connectivity index (χ2v) is 8.87. The Bertz CT molecular complexity index is 615. The monoisotopic (exact) mass is 420 g/mol. The number of hydrogen-bond donors (Lipinski definition) is 2. The zero-order chi connectivity index (χ0) is 21.2. The zero-order valence-electron chi connectivity index (χ0n) is 18.8. The summed E-state index contributed by atoms with van der Waals surface area (Å²) in [5.41, 5.74) is 1.17. The molecule has 6 heteroatoms. The Hall–Kier alpha value is -1.34. The van der Waals surface area contributed by atoms with Crippen LogP contribution >= 0.6 is 0 Å². The van der Waals surface area contributed by atoms with Crippen LogP contribution in [-0.4, -0.2) is 69.2 Å². The second-order valence-electron chi connectivity index (χ2n) is 8.87. The van der Waals surface area contributed by atoms with Crippen molar-refractivity contribution >= 4 is 0 Å². The molecule has 1 aliphatic carbocycles. The first-order chi connectivity index (χ1) is 14.7. The van der Waals surface area contributed by atoms with Crippen molar-refractivity contribution in [2.75, 3.05) is 47.1 Å². The van der Waals surface area contributed by atoms with E-state index in [1.807, 2.05) is 12.1 Å². The Kier molecular flexibility index (Phi) is 9.72. The van der Waals surface area contributed by atoms with Crippen LogP contribution in [0.4, 0.5) is 0 Å². The van der Waals surface area contributed by atoms with Crippen LogP contribution in [0.25, 0.3) is 0 Å². The number of methoxy groups -OCH3 is 1. The van der Waals surface area contributed by atoms with Crippen LogP contribution in [0.1, 0.15) is 50.5 Å². The van der Waals surface area contributed by atoms with Crippen molar-refractivity contribution in [1.29, 1.82) is 0 Å². The molecule has 0 spiro atoms. The fraction of sp³-hybridized carbons (Fsp3) is 0.750. The van der Waals surface area contributed by atoms with Crippen LogP contribution in [0.15, 0.2) is 18.2 Å². The van der Waals surface area contributed by atoms with Crippen molar-refractivity contribution in [1.82, 2.24) is 10.2 Å². The first kappa shape index (κ1) is 23.3. The van der Waals surface area contributed by atoms with E-state index in [2.05, 4.69) is 23.3 Å². The highest BCUT2D eigenvalue weighted by atomic mass is 16.5. The van der Waals surface area contributed by atoms with Gasteiger partial charge in [0.1, 0.15) is 12.7 Å². The first-order valence-corrected chi connectivity index (χ1v) is 11.6. The van der Waals surface area contributed by atoms with Crippen molar-refractivity contribution in [2.24, 2.45) is 5.92 Å². The molecule has 0 bridgehead atoms. The maximum absolute atomic E-state index is 10.4. The number of aliphatic hydroxyl groups excluding tert-OH is 1. The van der Waals surface area contributed by atoms with Crippen LogP contribution < -0.4 is 14.8 Å². The molecule has 1 aromatic carbocycles. The van der Waals surface area contributed by atoms with Gasteiger partial charge >= 0.3 is 0 Å². The SMILES string of the molecule is COc1cc(CNCC2CCOCC2)ccc1OC[C@H](O)CN(C)C1CCCCC1. The molecule has 1 heterocycles. The third kappa shape index (κ3) is 7.41. The number of rotatable bonds is 11. The lowest BCUT2D eigenvalue weighted by Crippen LogP contribution is -2.40. The van der Waals surface area contributed by atoms with Crippen LogP contribution in [0.3, 0.4) is 0 Å². The lowest BCUT2D eigenvalue weighted by molar-refractivity contribution is 0.0553. The molecule has 2 fully saturated rings. The van der Waals surface area contributed by atoms with Crippen LogP contribution in [0.5, 0.6) is 11.5 Å². The molecular formula is C24H40N2O4. The molecule has 1 atom stereocenters. The van der Waals surface area contributed by atoms with Gasteiger partial charge in [-0.15, -0.1) is 0 Å². The molecule has 0 unspecified atom stereocenters. The molecule has 1 aromatic rings. The molecule has 1 saturated heterocycles.